The molecule has 3 aromatic heterocycles. The molecule has 0 fully saturated rings. The molecule has 25 heavy (non-hydrogen) atoms. The van der Waals surface area contributed by atoms with E-state index in [0.29, 0.717) is 19.8 Å². The highest BCUT2D eigenvalue weighted by molar-refractivity contribution is 5.03. The Morgan fingerprint density at radius 3 is 1.28 bits per heavy atom. The molecule has 9 heteroatoms. The van der Waals surface area contributed by atoms with Gasteiger partial charge in [-0.15, -0.1) is 0 Å². The van der Waals surface area contributed by atoms with Crippen LogP contribution in [-0.4, -0.2) is 50.7 Å². The third-order valence-corrected chi connectivity index (χ3v) is 3.58. The monoisotopic (exact) mass is 346 g/mol. The van der Waals surface area contributed by atoms with E-state index < -0.39 is 0 Å². The molecule has 3 heterocycles. The molecule has 0 radical (unpaired) electrons. The van der Waals surface area contributed by atoms with Crippen molar-refractivity contribution in [2.24, 2.45) is 0 Å². The molecule has 0 amide bonds. The minimum absolute atomic E-state index is 0.373. The maximum absolute atomic E-state index is 5.15. The highest BCUT2D eigenvalue weighted by Gasteiger charge is 2.19. The number of methoxy groups -OCH3 is 3. The number of hydrogen-bond donors (Lipinski definition) is 0. The molecular formula is C16H22N6O3. The van der Waals surface area contributed by atoms with Gasteiger partial charge in [-0.3, -0.25) is 0 Å². The predicted molar refractivity (Wildman–Crippen MR) is 88.7 cm³/mol. The zero-order chi connectivity index (χ0) is 17.6. The molecule has 0 spiro atoms. The highest BCUT2D eigenvalue weighted by Crippen LogP contribution is 2.14. The first kappa shape index (κ1) is 17.3. The van der Waals surface area contributed by atoms with Crippen molar-refractivity contribution in [3.63, 3.8) is 0 Å². The summed E-state index contributed by atoms with van der Waals surface area (Å²) in [5.74, 6) is 0. The SMILES string of the molecule is COCc1ccn(C(n2ccc(COC)n2)n2ccc(COC)n2)n1. The van der Waals surface area contributed by atoms with Crippen LogP contribution >= 0.6 is 0 Å². The van der Waals surface area contributed by atoms with Crippen molar-refractivity contribution >= 4 is 0 Å². The van der Waals surface area contributed by atoms with Crippen molar-refractivity contribution in [3.8, 4) is 0 Å². The summed E-state index contributed by atoms with van der Waals surface area (Å²) in [5, 5.41) is 13.7. The minimum Gasteiger partial charge on any atom is -0.378 e. The maximum Gasteiger partial charge on any atom is 0.238 e. The van der Waals surface area contributed by atoms with E-state index in [4.69, 9.17) is 14.2 Å². The van der Waals surface area contributed by atoms with E-state index in [1.54, 1.807) is 35.4 Å². The smallest absolute Gasteiger partial charge is 0.238 e. The van der Waals surface area contributed by atoms with Crippen LogP contribution < -0.4 is 0 Å². The third-order valence-electron chi connectivity index (χ3n) is 3.58. The molecule has 9 nitrogen and oxygen atoms in total. The maximum atomic E-state index is 5.15. The van der Waals surface area contributed by atoms with Gasteiger partial charge in [-0.05, 0) is 18.2 Å². The average Bonchev–Trinajstić information content (AvgIpc) is 3.32. The lowest BCUT2D eigenvalue weighted by Crippen LogP contribution is -2.27. The Labute approximate surface area is 145 Å². The Morgan fingerprint density at radius 2 is 1.00 bits per heavy atom. The van der Waals surface area contributed by atoms with Gasteiger partial charge >= 0.3 is 0 Å². The molecule has 0 aliphatic carbocycles. The standard InChI is InChI=1S/C16H22N6O3/c1-23-10-13-4-7-20(17-13)16(21-8-5-14(18-21)11-24-2)22-9-6-15(19-22)12-25-3/h4-9,16H,10-12H2,1-3H3. The van der Waals surface area contributed by atoms with Gasteiger partial charge in [0.05, 0.1) is 36.9 Å². The minimum atomic E-state index is -0.373. The van der Waals surface area contributed by atoms with Gasteiger partial charge in [0.2, 0.25) is 6.29 Å². The summed E-state index contributed by atoms with van der Waals surface area (Å²) in [7, 11) is 4.93. The van der Waals surface area contributed by atoms with Gasteiger partial charge in [-0.25, -0.2) is 14.0 Å². The Balaban J connectivity index is 1.96. The average molecular weight is 346 g/mol. The van der Waals surface area contributed by atoms with E-state index in [1.807, 2.05) is 36.8 Å². The summed E-state index contributed by atoms with van der Waals surface area (Å²) in [6.07, 6.45) is 5.28. The van der Waals surface area contributed by atoms with Gasteiger partial charge in [0.25, 0.3) is 0 Å². The molecular weight excluding hydrogens is 324 g/mol. The molecule has 3 aromatic rings. The van der Waals surface area contributed by atoms with Crippen LogP contribution in [0.1, 0.15) is 23.4 Å². The largest absolute Gasteiger partial charge is 0.378 e. The highest BCUT2D eigenvalue weighted by atomic mass is 16.5. The van der Waals surface area contributed by atoms with Crippen LogP contribution in [0.3, 0.4) is 0 Å². The number of hydrogen-bond acceptors (Lipinski definition) is 6. The van der Waals surface area contributed by atoms with Crippen molar-refractivity contribution in [3.05, 3.63) is 53.9 Å². The zero-order valence-corrected chi connectivity index (χ0v) is 14.6. The van der Waals surface area contributed by atoms with Gasteiger partial charge in [0, 0.05) is 39.9 Å². The normalized spacial score (nSPS) is 11.5. The predicted octanol–water partition coefficient (Wildman–Crippen LogP) is 1.27. The fraction of sp³-hybridized carbons (Fsp3) is 0.438. The fourth-order valence-corrected chi connectivity index (χ4v) is 2.56. The van der Waals surface area contributed by atoms with E-state index >= 15 is 0 Å². The van der Waals surface area contributed by atoms with Crippen molar-refractivity contribution in [2.45, 2.75) is 26.1 Å². The van der Waals surface area contributed by atoms with Crippen molar-refractivity contribution < 1.29 is 14.2 Å². The zero-order valence-electron chi connectivity index (χ0n) is 14.6. The molecule has 134 valence electrons. The van der Waals surface area contributed by atoms with Crippen molar-refractivity contribution in [2.75, 3.05) is 21.3 Å². The number of nitrogens with zero attached hydrogens (tertiary/aromatic N) is 6. The summed E-state index contributed by atoms with van der Waals surface area (Å²) in [6, 6.07) is 5.74. The van der Waals surface area contributed by atoms with Crippen LogP contribution in [0.5, 0.6) is 0 Å². The van der Waals surface area contributed by atoms with Gasteiger partial charge in [0.15, 0.2) is 0 Å². The Bertz CT molecular complexity index is 688. The summed E-state index contributed by atoms with van der Waals surface area (Å²) in [5.41, 5.74) is 2.50. The first-order chi connectivity index (χ1) is 12.2. The Hall–Kier alpha value is -2.49. The van der Waals surface area contributed by atoms with Crippen LogP contribution in [0.2, 0.25) is 0 Å². The number of rotatable bonds is 9. The number of aromatic nitrogens is 6. The topological polar surface area (TPSA) is 81.2 Å². The number of ether oxygens (including phenoxy) is 3. The summed E-state index contributed by atoms with van der Waals surface area (Å²) in [6.45, 7) is 1.34. The molecule has 3 rings (SSSR count). The second-order valence-corrected chi connectivity index (χ2v) is 5.51. The van der Waals surface area contributed by atoms with Crippen LogP contribution in [0.25, 0.3) is 0 Å². The molecule has 0 saturated carbocycles. The van der Waals surface area contributed by atoms with Crippen LogP contribution in [0.4, 0.5) is 0 Å². The lowest BCUT2D eigenvalue weighted by atomic mass is 10.5. The van der Waals surface area contributed by atoms with Crippen LogP contribution in [0.15, 0.2) is 36.8 Å². The van der Waals surface area contributed by atoms with Gasteiger partial charge in [0.1, 0.15) is 0 Å². The van der Waals surface area contributed by atoms with E-state index in [-0.39, 0.29) is 6.29 Å². The summed E-state index contributed by atoms with van der Waals surface area (Å²) in [4.78, 5) is 0. The van der Waals surface area contributed by atoms with E-state index in [2.05, 4.69) is 15.3 Å². The Kier molecular flexibility index (Phi) is 5.59. The quantitative estimate of drug-likeness (QED) is 0.580. The van der Waals surface area contributed by atoms with Gasteiger partial charge in [-0.1, -0.05) is 0 Å². The Morgan fingerprint density at radius 1 is 0.680 bits per heavy atom. The lowest BCUT2D eigenvalue weighted by Gasteiger charge is -2.19. The molecule has 0 N–H and O–H groups in total. The molecule has 0 unspecified atom stereocenters. The van der Waals surface area contributed by atoms with Crippen molar-refractivity contribution in [1.29, 1.82) is 0 Å². The lowest BCUT2D eigenvalue weighted by molar-refractivity contribution is 0.174. The third kappa shape index (κ3) is 3.95. The second-order valence-electron chi connectivity index (χ2n) is 5.51. The van der Waals surface area contributed by atoms with Crippen LogP contribution in [0, 0.1) is 0 Å². The molecule has 0 atom stereocenters. The first-order valence-electron chi connectivity index (χ1n) is 7.84. The molecule has 0 bridgehead atoms. The van der Waals surface area contributed by atoms with Crippen molar-refractivity contribution in [1.82, 2.24) is 29.3 Å². The van der Waals surface area contributed by atoms with Gasteiger partial charge < -0.3 is 14.2 Å². The summed E-state index contributed by atoms with van der Waals surface area (Å²) >= 11 is 0. The molecule has 0 aliphatic rings. The van der Waals surface area contributed by atoms with E-state index in [1.165, 1.54) is 0 Å². The molecule has 0 aromatic carbocycles. The van der Waals surface area contributed by atoms with E-state index in [0.717, 1.165) is 17.1 Å². The fourth-order valence-electron chi connectivity index (χ4n) is 2.56. The molecule has 0 aliphatic heterocycles. The van der Waals surface area contributed by atoms with Crippen LogP contribution in [-0.2, 0) is 34.0 Å². The van der Waals surface area contributed by atoms with E-state index in [9.17, 15) is 0 Å². The molecule has 0 saturated heterocycles. The second kappa shape index (κ2) is 8.06. The first-order valence-corrected chi connectivity index (χ1v) is 7.84. The van der Waals surface area contributed by atoms with Gasteiger partial charge in [-0.2, -0.15) is 15.3 Å². The summed E-state index contributed by atoms with van der Waals surface area (Å²) < 4.78 is 20.8.